The number of pyridine rings is 1. The first-order valence-corrected chi connectivity index (χ1v) is 13.4. The van der Waals surface area contributed by atoms with E-state index in [-0.39, 0.29) is 34.5 Å². The first-order chi connectivity index (χ1) is 19.2. The van der Waals surface area contributed by atoms with Crippen molar-refractivity contribution in [3.8, 4) is 16.9 Å². The Labute approximate surface area is 235 Å². The Morgan fingerprint density at radius 1 is 1.10 bits per heavy atom. The highest BCUT2D eigenvalue weighted by Gasteiger charge is 2.21. The van der Waals surface area contributed by atoms with Gasteiger partial charge in [-0.25, -0.2) is 18.7 Å². The number of hydrogen-bond acceptors (Lipinski definition) is 6. The van der Waals surface area contributed by atoms with E-state index in [1.54, 1.807) is 18.2 Å². The third-order valence-corrected chi connectivity index (χ3v) is 7.05. The zero-order valence-corrected chi connectivity index (χ0v) is 22.9. The van der Waals surface area contributed by atoms with Crippen LogP contribution in [0.1, 0.15) is 61.5 Å². The number of aromatic amines is 1. The molecule has 0 saturated heterocycles. The summed E-state index contributed by atoms with van der Waals surface area (Å²) in [6.07, 6.45) is 4.00. The largest absolute Gasteiger partial charge is 0.494 e. The quantitative estimate of drug-likeness (QED) is 0.171. The van der Waals surface area contributed by atoms with Crippen LogP contribution >= 0.6 is 11.6 Å². The van der Waals surface area contributed by atoms with Crippen LogP contribution in [0.3, 0.4) is 0 Å². The minimum atomic E-state index is -0.713. The molecule has 0 aliphatic carbocycles. The molecular weight excluding hydrogens is 540 g/mol. The molecule has 1 amide bonds. The van der Waals surface area contributed by atoms with Gasteiger partial charge in [-0.05, 0) is 61.6 Å². The van der Waals surface area contributed by atoms with Crippen molar-refractivity contribution in [2.75, 3.05) is 11.9 Å². The van der Waals surface area contributed by atoms with Gasteiger partial charge in [0.2, 0.25) is 5.82 Å². The summed E-state index contributed by atoms with van der Waals surface area (Å²) in [6, 6.07) is 12.0. The zero-order valence-electron chi connectivity index (χ0n) is 22.2. The Bertz CT molecular complexity index is 1480. The SMILES string of the molecule is CCC(O)(CC)CCCOc1ccc(F)c(-c2cc(NC(=O)c3n[nH]c(Cc4ccccc4F)n3)ncc2Cl)c1. The van der Waals surface area contributed by atoms with Gasteiger partial charge in [0, 0.05) is 23.7 Å². The molecular formula is C29H30ClF2N5O3. The number of nitrogens with one attached hydrogen (secondary N) is 2. The number of carbonyl (C=O) groups excluding carboxylic acids is 1. The number of aliphatic hydroxyl groups is 1. The van der Waals surface area contributed by atoms with Crippen molar-refractivity contribution in [2.45, 2.75) is 51.6 Å². The smallest absolute Gasteiger partial charge is 0.296 e. The molecule has 210 valence electrons. The maximum atomic E-state index is 14.8. The van der Waals surface area contributed by atoms with Crippen LogP contribution in [-0.4, -0.2) is 43.4 Å². The van der Waals surface area contributed by atoms with Crippen molar-refractivity contribution in [1.82, 2.24) is 20.2 Å². The third-order valence-electron chi connectivity index (χ3n) is 6.75. The fourth-order valence-corrected chi connectivity index (χ4v) is 4.38. The van der Waals surface area contributed by atoms with Gasteiger partial charge < -0.3 is 15.2 Å². The van der Waals surface area contributed by atoms with E-state index in [9.17, 15) is 18.7 Å². The molecule has 0 fully saturated rings. The topological polar surface area (TPSA) is 113 Å². The van der Waals surface area contributed by atoms with Crippen LogP contribution in [0.2, 0.25) is 5.02 Å². The van der Waals surface area contributed by atoms with Gasteiger partial charge >= 0.3 is 0 Å². The average Bonchev–Trinajstić information content (AvgIpc) is 3.43. The lowest BCUT2D eigenvalue weighted by atomic mass is 9.92. The van der Waals surface area contributed by atoms with Crippen LogP contribution in [0, 0.1) is 11.6 Å². The summed E-state index contributed by atoms with van der Waals surface area (Å²) in [5.41, 5.74) is 0.169. The van der Waals surface area contributed by atoms with Crippen LogP contribution in [0.15, 0.2) is 54.7 Å². The molecule has 0 aliphatic heterocycles. The number of hydrogen-bond donors (Lipinski definition) is 3. The number of aromatic nitrogens is 4. The first kappa shape index (κ1) is 29.1. The molecule has 8 nitrogen and oxygen atoms in total. The molecule has 0 aliphatic rings. The Balaban J connectivity index is 1.44. The lowest BCUT2D eigenvalue weighted by Gasteiger charge is -2.24. The predicted molar refractivity (Wildman–Crippen MR) is 148 cm³/mol. The summed E-state index contributed by atoms with van der Waals surface area (Å²) in [7, 11) is 0. The van der Waals surface area contributed by atoms with Crippen LogP contribution in [0.25, 0.3) is 11.1 Å². The lowest BCUT2D eigenvalue weighted by Crippen LogP contribution is -2.26. The van der Waals surface area contributed by atoms with Gasteiger partial charge in [0.05, 0.1) is 17.2 Å². The molecule has 11 heteroatoms. The number of halogens is 3. The summed E-state index contributed by atoms with van der Waals surface area (Å²) in [6.45, 7) is 4.25. The van der Waals surface area contributed by atoms with E-state index in [1.165, 1.54) is 36.5 Å². The molecule has 0 bridgehead atoms. The van der Waals surface area contributed by atoms with E-state index in [0.29, 0.717) is 55.0 Å². The summed E-state index contributed by atoms with van der Waals surface area (Å²) >= 11 is 6.34. The van der Waals surface area contributed by atoms with Crippen molar-refractivity contribution in [1.29, 1.82) is 0 Å². The molecule has 2 heterocycles. The molecule has 4 rings (SSSR count). The molecule has 0 atom stereocenters. The zero-order chi connectivity index (χ0) is 28.7. The highest BCUT2D eigenvalue weighted by molar-refractivity contribution is 6.33. The number of ether oxygens (including phenoxy) is 1. The second-order valence-electron chi connectivity index (χ2n) is 9.40. The molecule has 0 spiro atoms. The fraction of sp³-hybridized carbons (Fsp3) is 0.310. The number of amides is 1. The van der Waals surface area contributed by atoms with Crippen molar-refractivity contribution < 1.29 is 23.4 Å². The Morgan fingerprint density at radius 3 is 2.62 bits per heavy atom. The highest BCUT2D eigenvalue weighted by atomic mass is 35.5. The standard InChI is InChI=1S/C29H30ClF2N5O3/c1-3-29(39,4-2)12-7-13-40-19-10-11-24(32)21(15-19)20-16-25(33-17-22(20)30)35-28(38)27-34-26(36-37-27)14-18-8-5-6-9-23(18)31/h5-6,8-11,15-17,39H,3-4,7,12-14H2,1-2H3,(H,33,35,38)(H,34,36,37). The van der Waals surface area contributed by atoms with Gasteiger partial charge in [-0.1, -0.05) is 43.6 Å². The normalized spacial score (nSPS) is 11.4. The maximum Gasteiger partial charge on any atom is 0.296 e. The molecule has 0 saturated carbocycles. The number of rotatable bonds is 12. The number of anilines is 1. The van der Waals surface area contributed by atoms with Crippen LogP contribution in [-0.2, 0) is 6.42 Å². The Hall–Kier alpha value is -3.89. The molecule has 2 aromatic carbocycles. The number of H-pyrrole nitrogens is 1. The van der Waals surface area contributed by atoms with Gasteiger partial charge in [-0.15, -0.1) is 5.10 Å². The fourth-order valence-electron chi connectivity index (χ4n) is 4.18. The molecule has 2 aromatic heterocycles. The average molecular weight is 570 g/mol. The molecule has 3 N–H and O–H groups in total. The van der Waals surface area contributed by atoms with Gasteiger partial charge in [0.15, 0.2) is 0 Å². The molecule has 4 aromatic rings. The van der Waals surface area contributed by atoms with Crippen molar-refractivity contribution in [3.63, 3.8) is 0 Å². The lowest BCUT2D eigenvalue weighted by molar-refractivity contribution is 0.0185. The minimum Gasteiger partial charge on any atom is -0.494 e. The summed E-state index contributed by atoms with van der Waals surface area (Å²) < 4.78 is 34.6. The predicted octanol–water partition coefficient (Wildman–Crippen LogP) is 6.35. The summed E-state index contributed by atoms with van der Waals surface area (Å²) in [5.74, 6) is -0.880. The van der Waals surface area contributed by atoms with Gasteiger partial charge in [-0.3, -0.25) is 9.89 Å². The van der Waals surface area contributed by atoms with Crippen molar-refractivity contribution in [2.24, 2.45) is 0 Å². The van der Waals surface area contributed by atoms with E-state index in [1.807, 2.05) is 13.8 Å². The maximum absolute atomic E-state index is 14.8. The number of benzene rings is 2. The minimum absolute atomic E-state index is 0.106. The summed E-state index contributed by atoms with van der Waals surface area (Å²) in [5, 5.41) is 19.7. The van der Waals surface area contributed by atoms with Crippen molar-refractivity contribution >= 4 is 23.3 Å². The van der Waals surface area contributed by atoms with E-state index in [4.69, 9.17) is 16.3 Å². The van der Waals surface area contributed by atoms with Gasteiger partial charge in [-0.2, -0.15) is 0 Å². The molecule has 0 unspecified atom stereocenters. The number of carbonyl (C=O) groups is 1. The summed E-state index contributed by atoms with van der Waals surface area (Å²) in [4.78, 5) is 21.0. The van der Waals surface area contributed by atoms with Gasteiger partial charge in [0.25, 0.3) is 5.91 Å². The van der Waals surface area contributed by atoms with Crippen LogP contribution in [0.4, 0.5) is 14.6 Å². The van der Waals surface area contributed by atoms with Crippen molar-refractivity contribution in [3.05, 3.63) is 88.6 Å². The molecule has 0 radical (unpaired) electrons. The van der Waals surface area contributed by atoms with E-state index >= 15 is 0 Å². The highest BCUT2D eigenvalue weighted by Crippen LogP contribution is 2.34. The Kier molecular flexibility index (Phi) is 9.44. The monoisotopic (exact) mass is 569 g/mol. The third kappa shape index (κ3) is 7.19. The first-order valence-electron chi connectivity index (χ1n) is 13.0. The van der Waals surface area contributed by atoms with Crippen LogP contribution < -0.4 is 10.1 Å². The van der Waals surface area contributed by atoms with Gasteiger partial charge in [0.1, 0.15) is 29.0 Å². The van der Waals surface area contributed by atoms with E-state index < -0.39 is 17.3 Å². The second kappa shape index (κ2) is 13.0. The second-order valence-corrected chi connectivity index (χ2v) is 9.81. The van der Waals surface area contributed by atoms with E-state index in [2.05, 4.69) is 25.5 Å². The Morgan fingerprint density at radius 2 is 1.88 bits per heavy atom. The van der Waals surface area contributed by atoms with Crippen LogP contribution in [0.5, 0.6) is 5.75 Å². The van der Waals surface area contributed by atoms with E-state index in [0.717, 1.165) is 0 Å². The number of nitrogens with zero attached hydrogens (tertiary/aromatic N) is 3. The molecule has 40 heavy (non-hydrogen) atoms.